The van der Waals surface area contributed by atoms with Crippen LogP contribution in [0.5, 0.6) is 0 Å². The first-order chi connectivity index (χ1) is 8.15. The average molecular weight is 232 g/mol. The maximum absolute atomic E-state index is 5.59. The Labute approximate surface area is 100 Å². The van der Waals surface area contributed by atoms with E-state index in [1.165, 1.54) is 5.56 Å². The van der Waals surface area contributed by atoms with E-state index in [1.807, 2.05) is 31.4 Å². The number of rotatable bonds is 4. The van der Waals surface area contributed by atoms with Crippen LogP contribution in [0.15, 0.2) is 24.8 Å². The third kappa shape index (κ3) is 2.93. The number of anilines is 2. The zero-order chi connectivity index (χ0) is 12.3. The molecule has 0 saturated carbocycles. The maximum Gasteiger partial charge on any atom is 0.149 e. The lowest BCUT2D eigenvalue weighted by atomic mass is 10.2. The molecule has 90 valence electrons. The Bertz CT molecular complexity index is 492. The van der Waals surface area contributed by atoms with Gasteiger partial charge in [-0.25, -0.2) is 4.98 Å². The summed E-state index contributed by atoms with van der Waals surface area (Å²) in [6, 6.07) is 0. The van der Waals surface area contributed by atoms with Gasteiger partial charge in [-0.1, -0.05) is 0 Å². The van der Waals surface area contributed by atoms with Crippen LogP contribution in [0, 0.1) is 0 Å². The van der Waals surface area contributed by atoms with Crippen molar-refractivity contribution >= 4 is 11.6 Å². The fraction of sp³-hybridized carbons (Fsp3) is 0.364. The molecule has 17 heavy (non-hydrogen) atoms. The van der Waals surface area contributed by atoms with Gasteiger partial charge in [-0.05, 0) is 12.0 Å². The van der Waals surface area contributed by atoms with Crippen LogP contribution >= 0.6 is 0 Å². The summed E-state index contributed by atoms with van der Waals surface area (Å²) in [5, 5.41) is 4.13. The first kappa shape index (κ1) is 11.4. The zero-order valence-electron chi connectivity index (χ0n) is 10.0. The minimum absolute atomic E-state index is 0.440. The number of nitrogens with two attached hydrogens (primary N) is 1. The highest BCUT2D eigenvalue weighted by atomic mass is 15.2. The van der Waals surface area contributed by atoms with Gasteiger partial charge in [0.25, 0.3) is 0 Å². The largest absolute Gasteiger partial charge is 0.382 e. The molecule has 2 N–H and O–H groups in total. The minimum Gasteiger partial charge on any atom is -0.382 e. The van der Waals surface area contributed by atoms with Crippen molar-refractivity contribution in [2.75, 3.05) is 24.2 Å². The SMILES string of the molecule is CN(CCc1cnn(C)c1)c1cncc(N)n1. The summed E-state index contributed by atoms with van der Waals surface area (Å²) in [7, 11) is 3.89. The monoisotopic (exact) mass is 232 g/mol. The van der Waals surface area contributed by atoms with Crippen molar-refractivity contribution in [1.82, 2.24) is 19.7 Å². The molecular weight excluding hydrogens is 216 g/mol. The Hall–Kier alpha value is -2.11. The van der Waals surface area contributed by atoms with Crippen LogP contribution < -0.4 is 10.6 Å². The van der Waals surface area contributed by atoms with Gasteiger partial charge in [-0.3, -0.25) is 9.67 Å². The molecule has 0 aliphatic carbocycles. The summed E-state index contributed by atoms with van der Waals surface area (Å²) in [6.45, 7) is 0.851. The number of nitrogens with zero attached hydrogens (tertiary/aromatic N) is 5. The molecule has 6 nitrogen and oxygen atoms in total. The summed E-state index contributed by atoms with van der Waals surface area (Å²) in [6.07, 6.45) is 8.05. The fourth-order valence-electron chi connectivity index (χ4n) is 1.57. The molecular formula is C11H16N6. The van der Waals surface area contributed by atoms with Gasteiger partial charge >= 0.3 is 0 Å². The second kappa shape index (κ2) is 4.82. The molecule has 0 bridgehead atoms. The summed E-state index contributed by atoms with van der Waals surface area (Å²) >= 11 is 0. The molecule has 0 spiro atoms. The smallest absolute Gasteiger partial charge is 0.149 e. The predicted molar refractivity (Wildman–Crippen MR) is 66.6 cm³/mol. The molecule has 2 aromatic rings. The van der Waals surface area contributed by atoms with E-state index < -0.39 is 0 Å². The van der Waals surface area contributed by atoms with E-state index >= 15 is 0 Å². The summed E-state index contributed by atoms with van der Waals surface area (Å²) < 4.78 is 1.80. The van der Waals surface area contributed by atoms with Crippen LogP contribution in [0.25, 0.3) is 0 Å². The first-order valence-electron chi connectivity index (χ1n) is 5.41. The topological polar surface area (TPSA) is 72.9 Å². The van der Waals surface area contributed by atoms with Gasteiger partial charge in [0.1, 0.15) is 11.6 Å². The van der Waals surface area contributed by atoms with E-state index in [4.69, 9.17) is 5.73 Å². The van der Waals surface area contributed by atoms with Crippen LogP contribution in [0.1, 0.15) is 5.56 Å². The average Bonchev–Trinajstić information content (AvgIpc) is 2.72. The van der Waals surface area contributed by atoms with Crippen molar-refractivity contribution in [3.05, 3.63) is 30.4 Å². The normalized spacial score (nSPS) is 10.5. The standard InChI is InChI=1S/C11H16N6/c1-16(11-7-13-6-10(12)15-11)4-3-9-5-14-17(2)8-9/h5-8H,3-4H2,1-2H3,(H2,12,15). The molecule has 2 rings (SSSR count). The predicted octanol–water partition coefficient (Wildman–Crippen LogP) is 0.471. The zero-order valence-corrected chi connectivity index (χ0v) is 10.0. The van der Waals surface area contributed by atoms with Crippen molar-refractivity contribution in [3.8, 4) is 0 Å². The molecule has 0 saturated heterocycles. The molecule has 0 fully saturated rings. The molecule has 0 amide bonds. The molecule has 0 aliphatic heterocycles. The van der Waals surface area contributed by atoms with Crippen molar-refractivity contribution in [2.24, 2.45) is 7.05 Å². The van der Waals surface area contributed by atoms with Crippen molar-refractivity contribution in [1.29, 1.82) is 0 Å². The molecule has 0 aromatic carbocycles. The van der Waals surface area contributed by atoms with Crippen LogP contribution in [0.2, 0.25) is 0 Å². The van der Waals surface area contributed by atoms with E-state index in [9.17, 15) is 0 Å². The lowest BCUT2D eigenvalue weighted by Crippen LogP contribution is -2.21. The molecule has 6 heteroatoms. The number of hydrogen-bond donors (Lipinski definition) is 1. The lowest BCUT2D eigenvalue weighted by molar-refractivity contribution is 0.766. The number of nitrogen functional groups attached to an aromatic ring is 1. The van der Waals surface area contributed by atoms with Crippen molar-refractivity contribution in [3.63, 3.8) is 0 Å². The minimum atomic E-state index is 0.440. The van der Waals surface area contributed by atoms with Crippen LogP contribution in [0.4, 0.5) is 11.6 Å². The summed E-state index contributed by atoms with van der Waals surface area (Å²) in [4.78, 5) is 10.3. The van der Waals surface area contributed by atoms with Crippen LogP contribution in [0.3, 0.4) is 0 Å². The van der Waals surface area contributed by atoms with E-state index in [2.05, 4.69) is 15.1 Å². The van der Waals surface area contributed by atoms with Crippen LogP contribution in [-0.4, -0.2) is 33.3 Å². The van der Waals surface area contributed by atoms with Gasteiger partial charge < -0.3 is 10.6 Å². The number of aromatic nitrogens is 4. The Morgan fingerprint density at radius 3 is 2.82 bits per heavy atom. The second-order valence-corrected chi connectivity index (χ2v) is 4.00. The molecule has 2 heterocycles. The van der Waals surface area contributed by atoms with Gasteiger partial charge in [0.2, 0.25) is 0 Å². The maximum atomic E-state index is 5.59. The highest BCUT2D eigenvalue weighted by molar-refractivity contribution is 5.40. The number of aryl methyl sites for hydroxylation is 1. The first-order valence-corrected chi connectivity index (χ1v) is 5.41. The van der Waals surface area contributed by atoms with Gasteiger partial charge in [0.05, 0.1) is 18.6 Å². The van der Waals surface area contributed by atoms with Crippen LogP contribution in [-0.2, 0) is 13.5 Å². The summed E-state index contributed by atoms with van der Waals surface area (Å²) in [5.74, 6) is 1.23. The van der Waals surface area contributed by atoms with Crippen molar-refractivity contribution < 1.29 is 0 Å². The second-order valence-electron chi connectivity index (χ2n) is 4.00. The lowest BCUT2D eigenvalue weighted by Gasteiger charge is -2.17. The van der Waals surface area contributed by atoms with Crippen molar-refractivity contribution in [2.45, 2.75) is 6.42 Å². The van der Waals surface area contributed by atoms with Gasteiger partial charge in [-0.15, -0.1) is 0 Å². The molecule has 0 unspecified atom stereocenters. The molecule has 0 radical (unpaired) electrons. The number of likely N-dealkylation sites (N-methyl/N-ethyl adjacent to an activating group) is 1. The van der Waals surface area contributed by atoms with Gasteiger partial charge in [0, 0.05) is 26.8 Å². The highest BCUT2D eigenvalue weighted by Crippen LogP contribution is 2.09. The molecule has 0 atom stereocenters. The third-order valence-electron chi connectivity index (χ3n) is 2.53. The Morgan fingerprint density at radius 2 is 2.18 bits per heavy atom. The third-order valence-corrected chi connectivity index (χ3v) is 2.53. The molecule has 0 aliphatic rings. The summed E-state index contributed by atoms with van der Waals surface area (Å²) in [5.41, 5.74) is 6.80. The number of hydrogen-bond acceptors (Lipinski definition) is 5. The Kier molecular flexibility index (Phi) is 3.22. The Balaban J connectivity index is 1.95. The highest BCUT2D eigenvalue weighted by Gasteiger charge is 2.04. The van der Waals surface area contributed by atoms with E-state index in [-0.39, 0.29) is 0 Å². The van der Waals surface area contributed by atoms with E-state index in [1.54, 1.807) is 17.1 Å². The molecule has 2 aromatic heterocycles. The quantitative estimate of drug-likeness (QED) is 0.829. The van der Waals surface area contributed by atoms with E-state index in [0.717, 1.165) is 18.8 Å². The van der Waals surface area contributed by atoms with E-state index in [0.29, 0.717) is 5.82 Å². The van der Waals surface area contributed by atoms with Gasteiger partial charge in [0.15, 0.2) is 0 Å². The fourth-order valence-corrected chi connectivity index (χ4v) is 1.57. The Morgan fingerprint density at radius 1 is 1.35 bits per heavy atom. The van der Waals surface area contributed by atoms with Gasteiger partial charge in [-0.2, -0.15) is 5.10 Å².